The van der Waals surface area contributed by atoms with Crippen LogP contribution in [0.2, 0.25) is 0 Å². The largest absolute Gasteiger partial charge is 0.396 e. The second kappa shape index (κ2) is 4.49. The summed E-state index contributed by atoms with van der Waals surface area (Å²) in [6, 6.07) is 3.59. The third kappa shape index (κ3) is 3.09. The number of amides is 1. The fourth-order valence-electron chi connectivity index (χ4n) is 1.16. The minimum atomic E-state index is -0.277. The summed E-state index contributed by atoms with van der Waals surface area (Å²) in [5.74, 6) is -0.107. The van der Waals surface area contributed by atoms with E-state index in [1.807, 2.05) is 33.2 Å². The van der Waals surface area contributed by atoms with Gasteiger partial charge in [-0.1, -0.05) is 13.8 Å². The topological polar surface area (TPSA) is 54.3 Å². The highest BCUT2D eigenvalue weighted by Crippen LogP contribution is 2.11. The molecule has 0 radical (unpaired) electrons. The van der Waals surface area contributed by atoms with E-state index in [9.17, 15) is 4.79 Å². The van der Waals surface area contributed by atoms with Crippen molar-refractivity contribution >= 4 is 5.91 Å². The van der Waals surface area contributed by atoms with Gasteiger partial charge in [-0.2, -0.15) is 0 Å². The van der Waals surface area contributed by atoms with E-state index in [-0.39, 0.29) is 17.9 Å². The fourth-order valence-corrected chi connectivity index (χ4v) is 1.16. The van der Waals surface area contributed by atoms with Crippen LogP contribution < -0.4 is 5.32 Å². The number of rotatable bonds is 4. The van der Waals surface area contributed by atoms with Crippen LogP contribution in [0, 0.1) is 5.41 Å². The molecule has 1 aromatic heterocycles. The van der Waals surface area contributed by atoms with Crippen LogP contribution in [0.4, 0.5) is 0 Å². The summed E-state index contributed by atoms with van der Waals surface area (Å²) in [6.07, 6.45) is 1.83. The molecule has 15 heavy (non-hydrogen) atoms. The number of carbonyl (C=O) groups is 1. The molecule has 4 nitrogen and oxygen atoms in total. The van der Waals surface area contributed by atoms with Gasteiger partial charge in [0.2, 0.25) is 0 Å². The molecule has 1 aromatic rings. The first-order valence-corrected chi connectivity index (χ1v) is 4.97. The summed E-state index contributed by atoms with van der Waals surface area (Å²) in [5, 5.41) is 11.8. The molecule has 0 saturated carbocycles. The van der Waals surface area contributed by atoms with E-state index in [1.54, 1.807) is 10.6 Å². The van der Waals surface area contributed by atoms with Gasteiger partial charge in [0.25, 0.3) is 5.91 Å². The Balaban J connectivity index is 2.55. The van der Waals surface area contributed by atoms with E-state index in [4.69, 9.17) is 5.11 Å². The van der Waals surface area contributed by atoms with Crippen LogP contribution in [-0.4, -0.2) is 28.7 Å². The lowest BCUT2D eigenvalue weighted by molar-refractivity contribution is 0.0903. The van der Waals surface area contributed by atoms with Crippen LogP contribution >= 0.6 is 0 Å². The number of nitrogens with one attached hydrogen (secondary N) is 1. The number of aryl methyl sites for hydroxylation is 1. The van der Waals surface area contributed by atoms with Gasteiger partial charge in [0.1, 0.15) is 5.69 Å². The van der Waals surface area contributed by atoms with Crippen LogP contribution in [0.5, 0.6) is 0 Å². The Kier molecular flexibility index (Phi) is 3.52. The van der Waals surface area contributed by atoms with Gasteiger partial charge in [0.15, 0.2) is 0 Å². The summed E-state index contributed by atoms with van der Waals surface area (Å²) in [4.78, 5) is 11.7. The minimum absolute atomic E-state index is 0.0560. The van der Waals surface area contributed by atoms with Gasteiger partial charge >= 0.3 is 0 Å². The molecule has 0 atom stereocenters. The first-order valence-electron chi connectivity index (χ1n) is 4.97. The van der Waals surface area contributed by atoms with Crippen LogP contribution in [0.1, 0.15) is 24.3 Å². The van der Waals surface area contributed by atoms with E-state index < -0.39 is 0 Å². The average molecular weight is 210 g/mol. The number of nitrogens with zero attached hydrogens (tertiary/aromatic N) is 1. The Morgan fingerprint density at radius 1 is 1.60 bits per heavy atom. The predicted octanol–water partition coefficient (Wildman–Crippen LogP) is 0.773. The van der Waals surface area contributed by atoms with Crippen LogP contribution in [0.3, 0.4) is 0 Å². The van der Waals surface area contributed by atoms with Crippen molar-refractivity contribution in [3.05, 3.63) is 24.0 Å². The lowest BCUT2D eigenvalue weighted by atomic mass is 9.95. The molecule has 1 amide bonds. The Labute approximate surface area is 89.9 Å². The van der Waals surface area contributed by atoms with Gasteiger partial charge in [0.05, 0.1) is 0 Å². The Hall–Kier alpha value is -1.29. The zero-order chi connectivity index (χ0) is 11.5. The Morgan fingerprint density at radius 3 is 2.73 bits per heavy atom. The molecule has 1 rings (SSSR count). The number of aromatic nitrogens is 1. The maximum absolute atomic E-state index is 11.7. The van der Waals surface area contributed by atoms with E-state index in [2.05, 4.69) is 5.32 Å². The fraction of sp³-hybridized carbons (Fsp3) is 0.545. The maximum atomic E-state index is 11.7. The smallest absolute Gasteiger partial charge is 0.267 e. The lowest BCUT2D eigenvalue weighted by Crippen LogP contribution is -2.36. The van der Waals surface area contributed by atoms with Crippen molar-refractivity contribution in [2.45, 2.75) is 13.8 Å². The second-order valence-electron chi connectivity index (χ2n) is 4.51. The molecule has 0 spiro atoms. The quantitative estimate of drug-likeness (QED) is 0.771. The maximum Gasteiger partial charge on any atom is 0.267 e. The molecule has 1 heterocycles. The molecule has 0 aliphatic rings. The molecule has 0 fully saturated rings. The molecule has 84 valence electrons. The molecular formula is C11H18N2O2. The van der Waals surface area contributed by atoms with E-state index in [1.165, 1.54) is 0 Å². The number of carbonyl (C=O) groups excluding carboxylic acids is 1. The number of aliphatic hydroxyl groups is 1. The zero-order valence-electron chi connectivity index (χ0n) is 9.45. The molecule has 0 saturated heterocycles. The monoisotopic (exact) mass is 210 g/mol. The highest BCUT2D eigenvalue weighted by Gasteiger charge is 2.18. The van der Waals surface area contributed by atoms with E-state index >= 15 is 0 Å². The Bertz CT molecular complexity index is 342. The molecular weight excluding hydrogens is 192 g/mol. The predicted molar refractivity (Wildman–Crippen MR) is 58.6 cm³/mol. The van der Waals surface area contributed by atoms with Gasteiger partial charge in [-0.05, 0) is 12.1 Å². The van der Waals surface area contributed by atoms with Crippen LogP contribution in [0.25, 0.3) is 0 Å². The van der Waals surface area contributed by atoms with Crippen LogP contribution in [-0.2, 0) is 7.05 Å². The Morgan fingerprint density at radius 2 is 2.27 bits per heavy atom. The molecule has 4 heteroatoms. The summed E-state index contributed by atoms with van der Waals surface area (Å²) in [5.41, 5.74) is 0.352. The SMILES string of the molecule is Cn1cccc1C(=O)NCC(C)(C)CO. The van der Waals surface area contributed by atoms with Gasteiger partial charge < -0.3 is 15.0 Å². The molecule has 0 aromatic carbocycles. The third-order valence-corrected chi connectivity index (χ3v) is 2.33. The zero-order valence-corrected chi connectivity index (χ0v) is 9.45. The van der Waals surface area contributed by atoms with Crippen molar-refractivity contribution < 1.29 is 9.90 Å². The van der Waals surface area contributed by atoms with Crippen molar-refractivity contribution in [1.29, 1.82) is 0 Å². The van der Waals surface area contributed by atoms with Crippen molar-refractivity contribution in [3.8, 4) is 0 Å². The normalized spacial score (nSPS) is 11.5. The van der Waals surface area contributed by atoms with Gasteiger partial charge in [-0.15, -0.1) is 0 Å². The van der Waals surface area contributed by atoms with Crippen molar-refractivity contribution in [1.82, 2.24) is 9.88 Å². The van der Waals surface area contributed by atoms with Gasteiger partial charge in [-0.25, -0.2) is 0 Å². The van der Waals surface area contributed by atoms with Gasteiger partial charge in [0, 0.05) is 31.8 Å². The highest BCUT2D eigenvalue weighted by molar-refractivity contribution is 5.92. The molecule has 2 N–H and O–H groups in total. The first kappa shape index (κ1) is 11.8. The molecule has 0 unspecified atom stereocenters. The summed E-state index contributed by atoms with van der Waals surface area (Å²) >= 11 is 0. The van der Waals surface area contributed by atoms with Crippen LogP contribution in [0.15, 0.2) is 18.3 Å². The van der Waals surface area contributed by atoms with Crippen molar-refractivity contribution in [2.75, 3.05) is 13.2 Å². The summed E-state index contributed by atoms with van der Waals surface area (Å²) in [7, 11) is 1.83. The van der Waals surface area contributed by atoms with Crippen molar-refractivity contribution in [3.63, 3.8) is 0 Å². The summed E-state index contributed by atoms with van der Waals surface area (Å²) in [6.45, 7) is 4.32. The second-order valence-corrected chi connectivity index (χ2v) is 4.51. The average Bonchev–Trinajstić information content (AvgIpc) is 2.61. The number of hydrogen-bond donors (Lipinski definition) is 2. The standard InChI is InChI=1S/C11H18N2O2/c1-11(2,8-14)7-12-10(15)9-5-4-6-13(9)3/h4-6,14H,7-8H2,1-3H3,(H,12,15). The van der Waals surface area contributed by atoms with Crippen molar-refractivity contribution in [2.24, 2.45) is 12.5 Å². The highest BCUT2D eigenvalue weighted by atomic mass is 16.3. The molecule has 0 bridgehead atoms. The van der Waals surface area contributed by atoms with E-state index in [0.717, 1.165) is 0 Å². The van der Waals surface area contributed by atoms with Gasteiger partial charge in [-0.3, -0.25) is 4.79 Å². The minimum Gasteiger partial charge on any atom is -0.396 e. The number of hydrogen-bond acceptors (Lipinski definition) is 2. The molecule has 0 aliphatic heterocycles. The molecule has 0 aliphatic carbocycles. The number of aliphatic hydroxyl groups excluding tert-OH is 1. The van der Waals surface area contributed by atoms with E-state index in [0.29, 0.717) is 12.2 Å². The third-order valence-electron chi connectivity index (χ3n) is 2.33. The lowest BCUT2D eigenvalue weighted by Gasteiger charge is -2.21. The summed E-state index contributed by atoms with van der Waals surface area (Å²) < 4.78 is 1.77. The first-order chi connectivity index (χ1) is 6.96.